The van der Waals surface area contributed by atoms with Crippen LogP contribution < -0.4 is 5.32 Å². The fourth-order valence-corrected chi connectivity index (χ4v) is 3.88. The van der Waals surface area contributed by atoms with Gasteiger partial charge in [-0.1, -0.05) is 0 Å². The maximum absolute atomic E-state index is 12.2. The van der Waals surface area contributed by atoms with E-state index in [-0.39, 0.29) is 0 Å². The molecule has 1 amide bonds. The minimum Gasteiger partial charge on any atom is -0.378 e. The van der Waals surface area contributed by atoms with Crippen molar-refractivity contribution < 1.29 is 9.53 Å². The van der Waals surface area contributed by atoms with Gasteiger partial charge in [0.05, 0.1) is 11.9 Å². The molecule has 0 spiro atoms. The van der Waals surface area contributed by atoms with E-state index in [9.17, 15) is 4.79 Å². The number of amides is 1. The normalized spacial score (nSPS) is 22.7. The van der Waals surface area contributed by atoms with E-state index in [2.05, 4.69) is 5.32 Å². The maximum Gasteiger partial charge on any atom is 0.232 e. The van der Waals surface area contributed by atoms with Gasteiger partial charge in [-0.05, 0) is 45.7 Å². The molecule has 4 nitrogen and oxygen atoms in total. The zero-order valence-corrected chi connectivity index (χ0v) is 12.7. The van der Waals surface area contributed by atoms with Crippen LogP contribution in [0.1, 0.15) is 32.6 Å². The molecule has 0 unspecified atom stereocenters. The smallest absolute Gasteiger partial charge is 0.232 e. The summed E-state index contributed by atoms with van der Waals surface area (Å²) in [6.45, 7) is 6.77. The Kier molecular flexibility index (Phi) is 6.47. The Bertz CT molecular complexity index is 275. The lowest BCUT2D eigenvalue weighted by Gasteiger charge is -2.32. The number of hydrogen-bond donors (Lipinski definition) is 1. The average Bonchev–Trinajstić information content (AvgIpc) is 2.47. The van der Waals surface area contributed by atoms with Crippen LogP contribution in [0.3, 0.4) is 0 Å². The Hall–Kier alpha value is -0.260. The third-order valence-corrected chi connectivity index (χ3v) is 5.28. The van der Waals surface area contributed by atoms with Crippen LogP contribution in [0.25, 0.3) is 0 Å². The van der Waals surface area contributed by atoms with Gasteiger partial charge in [0.1, 0.15) is 0 Å². The molecule has 0 radical (unpaired) electrons. The van der Waals surface area contributed by atoms with E-state index in [0.717, 1.165) is 45.6 Å². The molecular formula is C14H26N2O2S. The van der Waals surface area contributed by atoms with Gasteiger partial charge in [-0.2, -0.15) is 0 Å². The number of nitrogens with one attached hydrogen (secondary N) is 1. The number of carbonyl (C=O) groups is 1. The highest BCUT2D eigenvalue weighted by atomic mass is 32.2. The van der Waals surface area contributed by atoms with E-state index >= 15 is 0 Å². The summed E-state index contributed by atoms with van der Waals surface area (Å²) < 4.78 is 5.62. The molecule has 0 aromatic rings. The predicted molar refractivity (Wildman–Crippen MR) is 79.6 cm³/mol. The molecule has 2 aliphatic heterocycles. The van der Waals surface area contributed by atoms with E-state index in [1.54, 1.807) is 0 Å². The summed E-state index contributed by atoms with van der Waals surface area (Å²) in [4.78, 5) is 14.2. The zero-order chi connectivity index (χ0) is 13.5. The largest absolute Gasteiger partial charge is 0.378 e. The average molecular weight is 286 g/mol. The number of hydrogen-bond acceptors (Lipinski definition) is 4. The lowest BCUT2D eigenvalue weighted by atomic mass is 10.1. The highest BCUT2D eigenvalue weighted by Gasteiger charge is 2.23. The van der Waals surface area contributed by atoms with Crippen molar-refractivity contribution in [2.45, 2.75) is 44.0 Å². The summed E-state index contributed by atoms with van der Waals surface area (Å²) in [5, 5.41) is 4.03. The van der Waals surface area contributed by atoms with Crippen molar-refractivity contribution in [2.24, 2.45) is 0 Å². The van der Waals surface area contributed by atoms with Crippen LogP contribution in [0, 0.1) is 0 Å². The first-order chi connectivity index (χ1) is 9.29. The molecule has 2 saturated heterocycles. The number of thioether (sulfide) groups is 1. The highest BCUT2D eigenvalue weighted by molar-refractivity contribution is 8.00. The number of nitrogens with zero attached hydrogens (tertiary/aromatic N) is 1. The van der Waals surface area contributed by atoms with Crippen molar-refractivity contribution in [3.63, 3.8) is 0 Å². The second-order valence-electron chi connectivity index (χ2n) is 5.30. The number of likely N-dealkylation sites (tertiary alicyclic amines) is 1. The number of carbonyl (C=O) groups excluding carboxylic acids is 1. The Morgan fingerprint density at radius 3 is 2.58 bits per heavy atom. The molecule has 0 atom stereocenters. The molecule has 5 heteroatoms. The van der Waals surface area contributed by atoms with Gasteiger partial charge >= 0.3 is 0 Å². The van der Waals surface area contributed by atoms with Crippen molar-refractivity contribution in [2.75, 3.05) is 38.5 Å². The van der Waals surface area contributed by atoms with Crippen molar-refractivity contribution in [3.8, 4) is 0 Å². The van der Waals surface area contributed by atoms with Gasteiger partial charge in [0.2, 0.25) is 5.91 Å². The van der Waals surface area contributed by atoms with Crippen molar-refractivity contribution >= 4 is 17.7 Å². The SMILES string of the molecule is CCOC1CCN(C(=O)CSC2CCNCC2)CC1. The van der Waals surface area contributed by atoms with Gasteiger partial charge in [0.15, 0.2) is 0 Å². The number of piperidine rings is 2. The standard InChI is InChI=1S/C14H26N2O2S/c1-2-18-12-5-9-16(10-6-12)14(17)11-19-13-3-7-15-8-4-13/h12-13,15H,2-11H2,1H3. The topological polar surface area (TPSA) is 41.6 Å². The van der Waals surface area contributed by atoms with E-state index in [1.807, 2.05) is 23.6 Å². The van der Waals surface area contributed by atoms with E-state index in [1.165, 1.54) is 12.8 Å². The molecule has 0 aromatic heterocycles. The Morgan fingerprint density at radius 1 is 1.26 bits per heavy atom. The van der Waals surface area contributed by atoms with E-state index < -0.39 is 0 Å². The van der Waals surface area contributed by atoms with Gasteiger partial charge in [-0.3, -0.25) is 4.79 Å². The van der Waals surface area contributed by atoms with Crippen LogP contribution in [0.2, 0.25) is 0 Å². The summed E-state index contributed by atoms with van der Waals surface area (Å²) >= 11 is 1.85. The lowest BCUT2D eigenvalue weighted by Crippen LogP contribution is -2.42. The molecule has 0 aliphatic carbocycles. The third kappa shape index (κ3) is 4.97. The monoisotopic (exact) mass is 286 g/mol. The molecule has 0 bridgehead atoms. The maximum atomic E-state index is 12.2. The molecular weight excluding hydrogens is 260 g/mol. The first kappa shape index (κ1) is 15.1. The van der Waals surface area contributed by atoms with Crippen LogP contribution >= 0.6 is 11.8 Å². The van der Waals surface area contributed by atoms with E-state index in [0.29, 0.717) is 23.0 Å². The molecule has 1 N–H and O–H groups in total. The Balaban J connectivity index is 1.63. The highest BCUT2D eigenvalue weighted by Crippen LogP contribution is 2.21. The first-order valence-electron chi connectivity index (χ1n) is 7.51. The quantitative estimate of drug-likeness (QED) is 0.831. The third-order valence-electron chi connectivity index (χ3n) is 3.93. The summed E-state index contributed by atoms with van der Waals surface area (Å²) in [6.07, 6.45) is 4.76. The van der Waals surface area contributed by atoms with Crippen LogP contribution in [0.5, 0.6) is 0 Å². The van der Waals surface area contributed by atoms with Crippen molar-refractivity contribution in [1.29, 1.82) is 0 Å². The molecule has 0 saturated carbocycles. The van der Waals surface area contributed by atoms with Crippen molar-refractivity contribution in [1.82, 2.24) is 10.2 Å². The van der Waals surface area contributed by atoms with Gasteiger partial charge in [0, 0.05) is 24.9 Å². The van der Waals surface area contributed by atoms with Gasteiger partial charge in [-0.25, -0.2) is 0 Å². The fourth-order valence-electron chi connectivity index (χ4n) is 2.75. The molecule has 2 fully saturated rings. The van der Waals surface area contributed by atoms with Crippen molar-refractivity contribution in [3.05, 3.63) is 0 Å². The summed E-state index contributed by atoms with van der Waals surface area (Å²) in [5.74, 6) is 0.975. The van der Waals surface area contributed by atoms with Gasteiger partial charge < -0.3 is 15.0 Å². The summed E-state index contributed by atoms with van der Waals surface area (Å²) in [7, 11) is 0. The van der Waals surface area contributed by atoms with E-state index in [4.69, 9.17) is 4.74 Å². The summed E-state index contributed by atoms with van der Waals surface area (Å²) in [6, 6.07) is 0. The minimum atomic E-state index is 0.318. The van der Waals surface area contributed by atoms with Gasteiger partial charge in [-0.15, -0.1) is 11.8 Å². The second-order valence-corrected chi connectivity index (χ2v) is 6.58. The molecule has 110 valence electrons. The fraction of sp³-hybridized carbons (Fsp3) is 0.929. The molecule has 2 rings (SSSR count). The number of ether oxygens (including phenoxy) is 1. The van der Waals surface area contributed by atoms with Crippen LogP contribution in [0.4, 0.5) is 0 Å². The zero-order valence-electron chi connectivity index (χ0n) is 11.9. The molecule has 0 aromatic carbocycles. The Morgan fingerprint density at radius 2 is 1.95 bits per heavy atom. The summed E-state index contributed by atoms with van der Waals surface area (Å²) in [5.41, 5.74) is 0. The van der Waals surface area contributed by atoms with Crippen LogP contribution in [-0.2, 0) is 9.53 Å². The molecule has 19 heavy (non-hydrogen) atoms. The molecule has 2 aliphatic rings. The van der Waals surface area contributed by atoms with Crippen LogP contribution in [0.15, 0.2) is 0 Å². The predicted octanol–water partition coefficient (Wildman–Crippen LogP) is 1.50. The van der Waals surface area contributed by atoms with Crippen LogP contribution in [-0.4, -0.2) is 60.7 Å². The number of rotatable bonds is 5. The van der Waals surface area contributed by atoms with Gasteiger partial charge in [0.25, 0.3) is 0 Å². The first-order valence-corrected chi connectivity index (χ1v) is 8.56. The Labute approximate surface area is 120 Å². The second kappa shape index (κ2) is 8.12. The molecule has 2 heterocycles. The minimum absolute atomic E-state index is 0.318. The lowest BCUT2D eigenvalue weighted by molar-refractivity contribution is -0.130.